The molecule has 6 rings (SSSR count). The minimum Gasteiger partial charge on any atom is -0.492 e. The van der Waals surface area contributed by atoms with Crippen LogP contribution in [0, 0.1) is 0 Å². The number of carbonyl (C=O) groups is 1. The van der Waals surface area contributed by atoms with Gasteiger partial charge in [0.05, 0.1) is 23.3 Å². The van der Waals surface area contributed by atoms with Crippen molar-refractivity contribution in [3.63, 3.8) is 0 Å². The Balaban J connectivity index is 1.00. The number of nitrogens with one attached hydrogen (secondary N) is 2. The van der Waals surface area contributed by atoms with E-state index in [4.69, 9.17) is 14.5 Å². The molecule has 0 spiro atoms. The van der Waals surface area contributed by atoms with E-state index in [1.54, 1.807) is 4.90 Å². The van der Waals surface area contributed by atoms with Gasteiger partial charge in [-0.2, -0.15) is 0 Å². The second kappa shape index (κ2) is 12.1. The summed E-state index contributed by atoms with van der Waals surface area (Å²) in [6, 6.07) is 22.5. The largest absolute Gasteiger partial charge is 0.492 e. The van der Waals surface area contributed by atoms with Crippen molar-refractivity contribution in [1.82, 2.24) is 19.8 Å². The third-order valence-corrected chi connectivity index (χ3v) is 8.64. The molecule has 0 bridgehead atoms. The molecule has 2 saturated heterocycles. The Morgan fingerprint density at radius 3 is 2.48 bits per heavy atom. The van der Waals surface area contributed by atoms with E-state index in [-0.39, 0.29) is 17.0 Å². The fourth-order valence-corrected chi connectivity index (χ4v) is 5.85. The van der Waals surface area contributed by atoms with Crippen molar-refractivity contribution >= 4 is 28.4 Å². The third-order valence-electron chi connectivity index (χ3n) is 8.64. The van der Waals surface area contributed by atoms with E-state index in [1.807, 2.05) is 38.1 Å². The highest BCUT2D eigenvalue weighted by molar-refractivity contribution is 5.91. The molecule has 232 valence electrons. The van der Waals surface area contributed by atoms with Gasteiger partial charge < -0.3 is 24.7 Å². The van der Waals surface area contributed by atoms with Crippen molar-refractivity contribution in [3.8, 4) is 17.1 Å². The van der Waals surface area contributed by atoms with E-state index < -0.39 is 0 Å². The summed E-state index contributed by atoms with van der Waals surface area (Å²) < 4.78 is 11.5. The maximum atomic E-state index is 12.6. The molecule has 0 unspecified atom stereocenters. The van der Waals surface area contributed by atoms with Crippen molar-refractivity contribution in [2.75, 3.05) is 62.9 Å². The summed E-state index contributed by atoms with van der Waals surface area (Å²) in [7, 11) is 0. The molecule has 4 aromatic rings. The summed E-state index contributed by atoms with van der Waals surface area (Å²) >= 11 is 0. The van der Waals surface area contributed by atoms with Crippen LogP contribution >= 0.6 is 0 Å². The van der Waals surface area contributed by atoms with Crippen LogP contribution < -0.4 is 15.0 Å². The van der Waals surface area contributed by atoms with E-state index >= 15 is 0 Å². The van der Waals surface area contributed by atoms with Gasteiger partial charge in [-0.3, -0.25) is 9.80 Å². The lowest BCUT2D eigenvalue weighted by atomic mass is 9.86. The van der Waals surface area contributed by atoms with Gasteiger partial charge in [-0.15, -0.1) is 0 Å². The van der Waals surface area contributed by atoms with Crippen LogP contribution in [0.4, 0.5) is 16.2 Å². The highest BCUT2D eigenvalue weighted by Crippen LogP contribution is 2.31. The number of H-pyrrole nitrogens is 1. The first-order valence-electron chi connectivity index (χ1n) is 15.5. The number of hydrogen-bond donors (Lipinski definition) is 2. The van der Waals surface area contributed by atoms with Crippen LogP contribution in [0.2, 0.25) is 0 Å². The summed E-state index contributed by atoms with van der Waals surface area (Å²) in [5.74, 6) is 1.70. The van der Waals surface area contributed by atoms with E-state index in [1.165, 1.54) is 11.3 Å². The number of nitrogens with zero attached hydrogens (tertiary/aromatic N) is 4. The number of aromatic amines is 1. The second-order valence-corrected chi connectivity index (χ2v) is 13.4. The van der Waals surface area contributed by atoms with Crippen molar-refractivity contribution in [2.24, 2.45) is 0 Å². The van der Waals surface area contributed by atoms with Crippen molar-refractivity contribution < 1.29 is 14.3 Å². The van der Waals surface area contributed by atoms with Crippen molar-refractivity contribution in [2.45, 2.75) is 45.6 Å². The Morgan fingerprint density at radius 1 is 1.02 bits per heavy atom. The fraction of sp³-hybridized carbons (Fsp3) is 0.429. The summed E-state index contributed by atoms with van der Waals surface area (Å²) in [6.07, 6.45) is 0. The number of urea groups is 1. The van der Waals surface area contributed by atoms with Crippen LogP contribution in [-0.4, -0.2) is 84.0 Å². The third kappa shape index (κ3) is 6.54. The maximum absolute atomic E-state index is 12.6. The molecule has 9 nitrogen and oxygen atoms in total. The van der Waals surface area contributed by atoms with Crippen molar-refractivity contribution in [1.29, 1.82) is 0 Å². The average Bonchev–Trinajstić information content (AvgIpc) is 3.61. The molecule has 2 aliphatic heterocycles. The Morgan fingerprint density at radius 2 is 1.77 bits per heavy atom. The lowest BCUT2D eigenvalue weighted by molar-refractivity contribution is 0.147. The summed E-state index contributed by atoms with van der Waals surface area (Å²) in [5, 5.41) is 2.95. The normalized spacial score (nSPS) is 17.3. The number of aromatic nitrogens is 2. The first kappa shape index (κ1) is 30.0. The minimum absolute atomic E-state index is 0.0861. The number of amides is 2. The summed E-state index contributed by atoms with van der Waals surface area (Å²) in [4.78, 5) is 27.9. The number of benzene rings is 3. The monoisotopic (exact) mass is 596 g/mol. The second-order valence-electron chi connectivity index (χ2n) is 13.4. The number of ether oxygens (including phenoxy) is 2. The van der Waals surface area contributed by atoms with Gasteiger partial charge in [0.25, 0.3) is 0 Å². The molecule has 2 amide bonds. The molecule has 0 saturated carbocycles. The van der Waals surface area contributed by atoms with E-state index in [2.05, 4.69) is 83.3 Å². The predicted molar refractivity (Wildman–Crippen MR) is 177 cm³/mol. The topological polar surface area (TPSA) is 86.0 Å². The Kier molecular flexibility index (Phi) is 8.26. The van der Waals surface area contributed by atoms with Gasteiger partial charge in [0.15, 0.2) is 0 Å². The van der Waals surface area contributed by atoms with E-state index in [0.717, 1.165) is 66.6 Å². The minimum atomic E-state index is -0.312. The SMILES string of the molecule is CC(C)(C)c1cccc(-c2nc3c(N4CCN(CCOc5ccc(NC(=O)N6COCC6(C)C)cc5)CC4)cccc3[nH]2)c1. The Bertz CT molecular complexity index is 1600. The Hall–Kier alpha value is -4.08. The van der Waals surface area contributed by atoms with Gasteiger partial charge in [0, 0.05) is 44.0 Å². The zero-order valence-corrected chi connectivity index (χ0v) is 26.5. The van der Waals surface area contributed by atoms with Gasteiger partial charge in [0.2, 0.25) is 0 Å². The molecule has 0 aliphatic carbocycles. The highest BCUT2D eigenvalue weighted by atomic mass is 16.5. The highest BCUT2D eigenvalue weighted by Gasteiger charge is 2.36. The van der Waals surface area contributed by atoms with Crippen LogP contribution in [0.1, 0.15) is 40.2 Å². The van der Waals surface area contributed by atoms with Crippen molar-refractivity contribution in [3.05, 3.63) is 72.3 Å². The van der Waals surface area contributed by atoms with E-state index in [9.17, 15) is 4.79 Å². The number of para-hydroxylation sites is 1. The molecule has 3 heterocycles. The molecule has 2 fully saturated rings. The smallest absolute Gasteiger partial charge is 0.324 e. The summed E-state index contributed by atoms with van der Waals surface area (Å²) in [6.45, 7) is 16.8. The lowest BCUT2D eigenvalue weighted by Crippen LogP contribution is -2.47. The first-order valence-corrected chi connectivity index (χ1v) is 15.5. The first-order chi connectivity index (χ1) is 21.1. The van der Waals surface area contributed by atoms with Crippen LogP contribution in [0.3, 0.4) is 0 Å². The van der Waals surface area contributed by atoms with Crippen LogP contribution in [-0.2, 0) is 10.2 Å². The molecule has 0 atom stereocenters. The van der Waals surface area contributed by atoms with Gasteiger partial charge in [0.1, 0.15) is 30.4 Å². The molecule has 0 radical (unpaired) electrons. The number of hydrogen-bond acceptors (Lipinski definition) is 6. The molecule has 1 aromatic heterocycles. The number of anilines is 2. The zero-order chi connectivity index (χ0) is 30.9. The number of fused-ring (bicyclic) bond motifs is 1. The van der Waals surface area contributed by atoms with Crippen LogP contribution in [0.15, 0.2) is 66.7 Å². The van der Waals surface area contributed by atoms with Gasteiger partial charge >= 0.3 is 6.03 Å². The molecule has 44 heavy (non-hydrogen) atoms. The van der Waals surface area contributed by atoms with Gasteiger partial charge in [-0.05, 0) is 67.3 Å². The predicted octanol–water partition coefficient (Wildman–Crippen LogP) is 6.33. The van der Waals surface area contributed by atoms with Gasteiger partial charge in [-0.25, -0.2) is 9.78 Å². The zero-order valence-electron chi connectivity index (χ0n) is 26.5. The summed E-state index contributed by atoms with van der Waals surface area (Å²) in [5.41, 5.74) is 6.20. The fourth-order valence-electron chi connectivity index (χ4n) is 5.85. The lowest BCUT2D eigenvalue weighted by Gasteiger charge is -2.36. The molecule has 3 aromatic carbocycles. The number of imidazole rings is 1. The molecule has 2 aliphatic rings. The number of piperazine rings is 1. The molecular formula is C35H44N6O3. The average molecular weight is 597 g/mol. The molecular weight excluding hydrogens is 552 g/mol. The van der Waals surface area contributed by atoms with Gasteiger partial charge in [-0.1, -0.05) is 45.0 Å². The Labute approximate surface area is 260 Å². The molecule has 9 heteroatoms. The molecule has 2 N–H and O–H groups in total. The van der Waals surface area contributed by atoms with Crippen LogP contribution in [0.25, 0.3) is 22.4 Å². The van der Waals surface area contributed by atoms with Crippen LogP contribution in [0.5, 0.6) is 5.75 Å². The van der Waals surface area contributed by atoms with E-state index in [0.29, 0.717) is 19.9 Å². The maximum Gasteiger partial charge on any atom is 0.324 e. The number of carbonyl (C=O) groups excluding carboxylic acids is 1. The quantitative estimate of drug-likeness (QED) is 0.259. The standard InChI is InChI=1S/C35H44N6O3/c1-34(2,3)26-9-6-8-25(22-26)32-37-29-10-7-11-30(31(29)38-32)40-18-16-39(17-19-40)20-21-44-28-14-12-27(13-15-28)36-33(42)41-24-43-23-35(41,4)5/h6-15,22H,16-21,23-24H2,1-5H3,(H,36,42)(H,37,38). The number of rotatable bonds is 7.